The predicted molar refractivity (Wildman–Crippen MR) is 66.1 cm³/mol. The summed E-state index contributed by atoms with van der Waals surface area (Å²) in [6.45, 7) is 1.69. The largest absolute Gasteiger partial charge is 0.466 e. The lowest BCUT2D eigenvalue weighted by Crippen LogP contribution is -2.14. The van der Waals surface area contributed by atoms with Gasteiger partial charge in [-0.2, -0.15) is 4.91 Å². The third-order valence-electron chi connectivity index (χ3n) is 2.10. The van der Waals surface area contributed by atoms with Gasteiger partial charge in [0.2, 0.25) is 5.91 Å². The molecule has 1 aromatic rings. The molecule has 0 spiro atoms. The van der Waals surface area contributed by atoms with E-state index in [0.717, 1.165) is 5.56 Å². The molecule has 0 saturated heterocycles. The highest BCUT2D eigenvalue weighted by atomic mass is 16.5. The summed E-state index contributed by atoms with van der Waals surface area (Å²) in [5, 5.41) is 4.99. The molecule has 1 aromatic carbocycles. The van der Waals surface area contributed by atoms with E-state index in [2.05, 4.69) is 10.5 Å². The van der Waals surface area contributed by atoms with Crippen LogP contribution in [0.15, 0.2) is 29.4 Å². The molecule has 6 heteroatoms. The molecule has 0 aliphatic rings. The summed E-state index contributed by atoms with van der Waals surface area (Å²) >= 11 is 0. The van der Waals surface area contributed by atoms with E-state index >= 15 is 0 Å². The Kier molecular flexibility index (Phi) is 5.50. The first-order valence-corrected chi connectivity index (χ1v) is 5.49. The van der Waals surface area contributed by atoms with Gasteiger partial charge in [-0.1, -0.05) is 17.3 Å². The van der Waals surface area contributed by atoms with Crippen LogP contribution in [0.3, 0.4) is 0 Å². The maximum Gasteiger partial charge on any atom is 0.310 e. The van der Waals surface area contributed by atoms with Gasteiger partial charge in [-0.05, 0) is 24.6 Å². The summed E-state index contributed by atoms with van der Waals surface area (Å²) < 4.78 is 4.82. The summed E-state index contributed by atoms with van der Waals surface area (Å²) in [6.07, 6.45) is 0.192. The second-order valence-corrected chi connectivity index (χ2v) is 3.51. The Morgan fingerprint density at radius 3 is 2.50 bits per heavy atom. The van der Waals surface area contributed by atoms with Gasteiger partial charge in [0.1, 0.15) is 0 Å². The van der Waals surface area contributed by atoms with Crippen LogP contribution < -0.4 is 5.32 Å². The average molecular weight is 250 g/mol. The number of esters is 1. The van der Waals surface area contributed by atoms with Crippen LogP contribution in [0.4, 0.5) is 5.69 Å². The third kappa shape index (κ3) is 4.73. The van der Waals surface area contributed by atoms with Crippen molar-refractivity contribution in [3.63, 3.8) is 0 Å². The van der Waals surface area contributed by atoms with Crippen molar-refractivity contribution in [3.8, 4) is 0 Å². The van der Waals surface area contributed by atoms with E-state index < -0.39 is 12.5 Å². The highest BCUT2D eigenvalue weighted by molar-refractivity contribution is 5.92. The van der Waals surface area contributed by atoms with E-state index in [4.69, 9.17) is 4.74 Å². The Labute approximate surface area is 104 Å². The molecule has 0 saturated carbocycles. The molecule has 6 nitrogen and oxygen atoms in total. The number of rotatable bonds is 6. The molecule has 1 N–H and O–H groups in total. The lowest BCUT2D eigenvalue weighted by atomic mass is 10.1. The van der Waals surface area contributed by atoms with Gasteiger partial charge in [-0.15, -0.1) is 0 Å². The van der Waals surface area contributed by atoms with Gasteiger partial charge in [0.25, 0.3) is 0 Å². The zero-order valence-electron chi connectivity index (χ0n) is 10.0. The van der Waals surface area contributed by atoms with Crippen molar-refractivity contribution in [2.75, 3.05) is 18.5 Å². The number of ether oxygens (including phenoxy) is 1. The number of hydrogen-bond acceptors (Lipinski definition) is 5. The van der Waals surface area contributed by atoms with Gasteiger partial charge in [-0.25, -0.2) is 0 Å². The van der Waals surface area contributed by atoms with E-state index in [1.807, 2.05) is 0 Å². The number of carbonyl (C=O) groups excluding carboxylic acids is 2. The number of carbonyl (C=O) groups is 2. The number of nitrogens with zero attached hydrogens (tertiary/aromatic N) is 1. The van der Waals surface area contributed by atoms with Crippen LogP contribution in [0.25, 0.3) is 0 Å². The molecule has 0 aromatic heterocycles. The van der Waals surface area contributed by atoms with Crippen molar-refractivity contribution in [1.29, 1.82) is 0 Å². The van der Waals surface area contributed by atoms with Crippen LogP contribution in [0.2, 0.25) is 0 Å². The molecule has 0 heterocycles. The average Bonchev–Trinajstić information content (AvgIpc) is 2.32. The van der Waals surface area contributed by atoms with Crippen molar-refractivity contribution < 1.29 is 14.3 Å². The molecular formula is C12H14N2O4. The molecular weight excluding hydrogens is 236 g/mol. The van der Waals surface area contributed by atoms with Crippen molar-refractivity contribution >= 4 is 17.6 Å². The van der Waals surface area contributed by atoms with E-state index in [1.54, 1.807) is 31.2 Å². The minimum atomic E-state index is -0.469. The number of nitrogens with one attached hydrogen (secondary N) is 1. The lowest BCUT2D eigenvalue weighted by Gasteiger charge is -2.05. The molecule has 0 bridgehead atoms. The Hall–Kier alpha value is -2.24. The van der Waals surface area contributed by atoms with Gasteiger partial charge >= 0.3 is 5.97 Å². The minimum absolute atomic E-state index is 0.192. The topological polar surface area (TPSA) is 84.8 Å². The van der Waals surface area contributed by atoms with Crippen LogP contribution in [0, 0.1) is 4.91 Å². The van der Waals surface area contributed by atoms with Gasteiger partial charge < -0.3 is 10.1 Å². The molecule has 0 aliphatic carbocycles. The fourth-order valence-corrected chi connectivity index (χ4v) is 1.34. The predicted octanol–water partition coefficient (Wildman–Crippen LogP) is 1.50. The number of hydrogen-bond donors (Lipinski definition) is 1. The van der Waals surface area contributed by atoms with E-state index in [0.29, 0.717) is 12.3 Å². The first-order valence-electron chi connectivity index (χ1n) is 5.49. The SMILES string of the molecule is CCOC(=O)Cc1ccc(NC(=O)CN=O)cc1. The summed E-state index contributed by atoms with van der Waals surface area (Å²) in [6, 6.07) is 6.72. The van der Waals surface area contributed by atoms with Gasteiger partial charge in [0.05, 0.1) is 13.0 Å². The Balaban J connectivity index is 2.54. The van der Waals surface area contributed by atoms with Gasteiger partial charge in [0, 0.05) is 5.69 Å². The highest BCUT2D eigenvalue weighted by Gasteiger charge is 2.05. The number of anilines is 1. The van der Waals surface area contributed by atoms with E-state index in [-0.39, 0.29) is 12.4 Å². The zero-order valence-corrected chi connectivity index (χ0v) is 10.0. The third-order valence-corrected chi connectivity index (χ3v) is 2.10. The minimum Gasteiger partial charge on any atom is -0.466 e. The number of amides is 1. The quantitative estimate of drug-likeness (QED) is 0.612. The molecule has 0 aliphatic heterocycles. The van der Waals surface area contributed by atoms with Gasteiger partial charge in [-0.3, -0.25) is 9.59 Å². The second-order valence-electron chi connectivity index (χ2n) is 3.51. The van der Waals surface area contributed by atoms with Crippen LogP contribution in [-0.2, 0) is 20.7 Å². The first-order chi connectivity index (χ1) is 8.65. The van der Waals surface area contributed by atoms with Crippen molar-refractivity contribution in [3.05, 3.63) is 34.7 Å². The molecule has 0 atom stereocenters. The van der Waals surface area contributed by atoms with Crippen LogP contribution in [0.1, 0.15) is 12.5 Å². The second kappa shape index (κ2) is 7.16. The Bertz CT molecular complexity index is 428. The first kappa shape index (κ1) is 13.8. The lowest BCUT2D eigenvalue weighted by molar-refractivity contribution is -0.142. The van der Waals surface area contributed by atoms with Crippen molar-refractivity contribution in [2.24, 2.45) is 5.18 Å². The monoisotopic (exact) mass is 250 g/mol. The summed E-state index contributed by atoms with van der Waals surface area (Å²) in [4.78, 5) is 32.2. The van der Waals surface area contributed by atoms with Crippen LogP contribution in [0.5, 0.6) is 0 Å². The molecule has 1 amide bonds. The number of benzene rings is 1. The molecule has 1 rings (SSSR count). The maximum absolute atomic E-state index is 11.2. The molecule has 96 valence electrons. The maximum atomic E-state index is 11.2. The molecule has 0 radical (unpaired) electrons. The van der Waals surface area contributed by atoms with Crippen molar-refractivity contribution in [2.45, 2.75) is 13.3 Å². The van der Waals surface area contributed by atoms with Crippen LogP contribution >= 0.6 is 0 Å². The molecule has 18 heavy (non-hydrogen) atoms. The summed E-state index contributed by atoms with van der Waals surface area (Å²) in [5.74, 6) is -0.761. The molecule has 0 unspecified atom stereocenters. The highest BCUT2D eigenvalue weighted by Crippen LogP contribution is 2.10. The smallest absolute Gasteiger partial charge is 0.310 e. The van der Waals surface area contributed by atoms with Crippen molar-refractivity contribution in [1.82, 2.24) is 0 Å². The molecule has 0 fully saturated rings. The Morgan fingerprint density at radius 1 is 1.28 bits per heavy atom. The normalized spacial score (nSPS) is 9.61. The number of nitroso groups, excluding NO2 is 1. The fourth-order valence-electron chi connectivity index (χ4n) is 1.34. The Morgan fingerprint density at radius 2 is 1.94 bits per heavy atom. The summed E-state index contributed by atoms with van der Waals surface area (Å²) in [7, 11) is 0. The standard InChI is InChI=1S/C12H14N2O4/c1-2-18-12(16)7-9-3-5-10(6-4-9)14-11(15)8-13-17/h3-6H,2,7-8H2,1H3,(H,14,15). The van der Waals surface area contributed by atoms with E-state index in [9.17, 15) is 14.5 Å². The summed E-state index contributed by atoms with van der Waals surface area (Å²) in [5.41, 5.74) is 1.34. The van der Waals surface area contributed by atoms with E-state index in [1.165, 1.54) is 0 Å². The fraction of sp³-hybridized carbons (Fsp3) is 0.333. The zero-order chi connectivity index (χ0) is 13.4. The van der Waals surface area contributed by atoms with Crippen LogP contribution in [-0.4, -0.2) is 25.0 Å². The van der Waals surface area contributed by atoms with Gasteiger partial charge in [0.15, 0.2) is 6.54 Å².